The van der Waals surface area contributed by atoms with Gasteiger partial charge in [0, 0.05) is 18.0 Å². The van der Waals surface area contributed by atoms with E-state index in [0.717, 1.165) is 11.1 Å². The van der Waals surface area contributed by atoms with Gasteiger partial charge in [0.15, 0.2) is 0 Å². The lowest BCUT2D eigenvalue weighted by Gasteiger charge is -2.26. The van der Waals surface area contributed by atoms with E-state index in [9.17, 15) is 9.59 Å². The fourth-order valence-electron chi connectivity index (χ4n) is 2.79. The first-order valence-corrected chi connectivity index (χ1v) is 8.51. The minimum atomic E-state index is -0.414. The largest absolute Gasteiger partial charge is 0.368 e. The lowest BCUT2D eigenvalue weighted by molar-refractivity contribution is -0.133. The van der Waals surface area contributed by atoms with E-state index in [1.165, 1.54) is 15.1 Å². The SMILES string of the molecule is O=C(Cn1nnn(-c2ccccc2)c1=O)N1CCc2sccc2C1. The first-order chi connectivity index (χ1) is 11.7. The van der Waals surface area contributed by atoms with Crippen molar-refractivity contribution in [1.82, 2.24) is 24.7 Å². The lowest BCUT2D eigenvalue weighted by Crippen LogP contribution is -2.39. The van der Waals surface area contributed by atoms with Crippen molar-refractivity contribution >= 4 is 17.2 Å². The molecule has 0 saturated carbocycles. The number of rotatable bonds is 3. The highest BCUT2D eigenvalue weighted by molar-refractivity contribution is 7.10. The molecule has 2 aromatic heterocycles. The number of amides is 1. The molecular weight excluding hydrogens is 326 g/mol. The van der Waals surface area contributed by atoms with E-state index in [0.29, 0.717) is 18.8 Å². The molecule has 1 aliphatic heterocycles. The number of hydrogen-bond acceptors (Lipinski definition) is 5. The molecule has 8 heteroatoms. The van der Waals surface area contributed by atoms with Crippen LogP contribution in [0, 0.1) is 0 Å². The molecule has 4 rings (SSSR count). The molecule has 1 amide bonds. The van der Waals surface area contributed by atoms with Gasteiger partial charge in [-0.3, -0.25) is 4.79 Å². The van der Waals surface area contributed by atoms with Gasteiger partial charge in [-0.25, -0.2) is 4.79 Å². The second-order valence-electron chi connectivity index (χ2n) is 5.60. The van der Waals surface area contributed by atoms with Crippen LogP contribution in [0.3, 0.4) is 0 Å². The van der Waals surface area contributed by atoms with Crippen molar-refractivity contribution in [3.8, 4) is 5.69 Å². The molecule has 0 saturated heterocycles. The maximum atomic E-state index is 12.5. The standard InChI is InChI=1S/C16H15N5O2S/c22-15(19-8-6-14-12(10-19)7-9-24-14)11-20-16(23)21(18-17-20)13-4-2-1-3-5-13/h1-5,7,9H,6,8,10-11H2. The van der Waals surface area contributed by atoms with Crippen molar-refractivity contribution in [2.75, 3.05) is 6.54 Å². The Labute approximate surface area is 141 Å². The second-order valence-corrected chi connectivity index (χ2v) is 6.60. The van der Waals surface area contributed by atoms with Gasteiger partial charge in [-0.05, 0) is 46.0 Å². The summed E-state index contributed by atoms with van der Waals surface area (Å²) in [5.74, 6) is -0.117. The molecule has 1 aliphatic rings. The zero-order chi connectivity index (χ0) is 16.5. The summed E-state index contributed by atoms with van der Waals surface area (Å²) in [4.78, 5) is 28.0. The third-order valence-electron chi connectivity index (χ3n) is 4.09. The zero-order valence-corrected chi connectivity index (χ0v) is 13.6. The van der Waals surface area contributed by atoms with E-state index in [-0.39, 0.29) is 12.5 Å². The molecule has 3 heterocycles. The van der Waals surface area contributed by atoms with Gasteiger partial charge in [0.05, 0.1) is 5.69 Å². The number of nitrogens with zero attached hydrogens (tertiary/aromatic N) is 5. The number of hydrogen-bond donors (Lipinski definition) is 0. The first kappa shape index (κ1) is 14.8. The van der Waals surface area contributed by atoms with Crippen molar-refractivity contribution in [2.24, 2.45) is 0 Å². The lowest BCUT2D eigenvalue weighted by atomic mass is 10.1. The van der Waals surface area contributed by atoms with Gasteiger partial charge in [-0.15, -0.1) is 11.3 Å². The number of thiophene rings is 1. The van der Waals surface area contributed by atoms with Crippen molar-refractivity contribution in [1.29, 1.82) is 0 Å². The van der Waals surface area contributed by atoms with Crippen LogP contribution >= 0.6 is 11.3 Å². The van der Waals surface area contributed by atoms with E-state index >= 15 is 0 Å². The monoisotopic (exact) mass is 341 g/mol. The summed E-state index contributed by atoms with van der Waals surface area (Å²) >= 11 is 1.73. The Morgan fingerprint density at radius 3 is 2.83 bits per heavy atom. The summed E-state index contributed by atoms with van der Waals surface area (Å²) in [6.07, 6.45) is 0.865. The Morgan fingerprint density at radius 2 is 2.00 bits per heavy atom. The number of carbonyl (C=O) groups is 1. The summed E-state index contributed by atoms with van der Waals surface area (Å²) in [5.41, 5.74) is 1.41. The summed E-state index contributed by atoms with van der Waals surface area (Å²) in [7, 11) is 0. The molecule has 0 aliphatic carbocycles. The van der Waals surface area contributed by atoms with Crippen LogP contribution in [0.15, 0.2) is 46.6 Å². The summed E-state index contributed by atoms with van der Waals surface area (Å²) < 4.78 is 2.30. The summed E-state index contributed by atoms with van der Waals surface area (Å²) in [6.45, 7) is 1.18. The van der Waals surface area contributed by atoms with Gasteiger partial charge in [-0.2, -0.15) is 9.36 Å². The van der Waals surface area contributed by atoms with Crippen molar-refractivity contribution < 1.29 is 4.79 Å². The molecule has 7 nitrogen and oxygen atoms in total. The number of fused-ring (bicyclic) bond motifs is 1. The second kappa shape index (κ2) is 6.04. The van der Waals surface area contributed by atoms with Gasteiger partial charge in [0.1, 0.15) is 6.54 Å². The third-order valence-corrected chi connectivity index (χ3v) is 5.11. The highest BCUT2D eigenvalue weighted by atomic mass is 32.1. The Balaban J connectivity index is 1.51. The maximum Gasteiger partial charge on any atom is 0.368 e. The van der Waals surface area contributed by atoms with E-state index in [4.69, 9.17) is 0 Å². The number of tetrazole rings is 1. The van der Waals surface area contributed by atoms with E-state index < -0.39 is 5.69 Å². The number of benzene rings is 1. The molecule has 0 unspecified atom stereocenters. The number of aromatic nitrogens is 4. The van der Waals surface area contributed by atoms with Gasteiger partial charge in [0.2, 0.25) is 5.91 Å². The molecule has 0 fully saturated rings. The minimum absolute atomic E-state index is 0.0921. The van der Waals surface area contributed by atoms with Gasteiger partial charge in [0.25, 0.3) is 0 Å². The Morgan fingerprint density at radius 1 is 1.17 bits per heavy atom. The third kappa shape index (κ3) is 2.65. The molecule has 3 aromatic rings. The van der Waals surface area contributed by atoms with Crippen LogP contribution in [-0.4, -0.2) is 37.1 Å². The minimum Gasteiger partial charge on any atom is -0.336 e. The summed E-state index contributed by atoms with van der Waals surface area (Å²) in [5, 5.41) is 9.74. The average molecular weight is 341 g/mol. The number of carbonyl (C=O) groups excluding carboxylic acids is 1. The van der Waals surface area contributed by atoms with Gasteiger partial charge >= 0.3 is 5.69 Å². The summed E-state index contributed by atoms with van der Waals surface area (Å²) in [6, 6.07) is 11.1. The molecule has 0 radical (unpaired) electrons. The quantitative estimate of drug-likeness (QED) is 0.714. The number of para-hydroxylation sites is 1. The molecule has 24 heavy (non-hydrogen) atoms. The molecular formula is C16H15N5O2S. The fourth-order valence-corrected chi connectivity index (χ4v) is 3.68. The highest BCUT2D eigenvalue weighted by Gasteiger charge is 2.23. The zero-order valence-electron chi connectivity index (χ0n) is 12.8. The van der Waals surface area contributed by atoms with Crippen LogP contribution < -0.4 is 5.69 Å². The van der Waals surface area contributed by atoms with Crippen molar-refractivity contribution in [3.63, 3.8) is 0 Å². The normalized spacial score (nSPS) is 13.8. The van der Waals surface area contributed by atoms with Crippen LogP contribution in [0.1, 0.15) is 10.4 Å². The first-order valence-electron chi connectivity index (χ1n) is 7.63. The topological polar surface area (TPSA) is 73.0 Å². The molecule has 1 aromatic carbocycles. The van der Waals surface area contributed by atoms with Gasteiger partial charge in [-0.1, -0.05) is 18.2 Å². The molecule has 0 atom stereocenters. The van der Waals surface area contributed by atoms with Crippen LogP contribution in [-0.2, 0) is 24.3 Å². The van der Waals surface area contributed by atoms with Crippen molar-refractivity contribution in [3.05, 3.63) is 62.7 Å². The Hall–Kier alpha value is -2.74. The van der Waals surface area contributed by atoms with Crippen LogP contribution in [0.2, 0.25) is 0 Å². The van der Waals surface area contributed by atoms with E-state index in [2.05, 4.69) is 21.9 Å². The maximum absolute atomic E-state index is 12.5. The van der Waals surface area contributed by atoms with Crippen LogP contribution in [0.25, 0.3) is 5.69 Å². The van der Waals surface area contributed by atoms with Gasteiger partial charge < -0.3 is 4.90 Å². The van der Waals surface area contributed by atoms with Crippen molar-refractivity contribution in [2.45, 2.75) is 19.5 Å². The Bertz CT molecular complexity index is 927. The van der Waals surface area contributed by atoms with Crippen LogP contribution in [0.4, 0.5) is 0 Å². The Kier molecular flexibility index (Phi) is 3.73. The smallest absolute Gasteiger partial charge is 0.336 e. The molecule has 122 valence electrons. The molecule has 0 bridgehead atoms. The average Bonchev–Trinajstić information content (AvgIpc) is 3.22. The van der Waals surface area contributed by atoms with E-state index in [1.807, 2.05) is 18.2 Å². The fraction of sp³-hybridized carbons (Fsp3) is 0.250. The molecule has 0 N–H and O–H groups in total. The highest BCUT2D eigenvalue weighted by Crippen LogP contribution is 2.23. The van der Waals surface area contributed by atoms with E-state index in [1.54, 1.807) is 28.4 Å². The predicted molar refractivity (Wildman–Crippen MR) is 89.1 cm³/mol. The molecule has 0 spiro atoms. The predicted octanol–water partition coefficient (Wildman–Crippen LogP) is 1.08. The van der Waals surface area contributed by atoms with Crippen LogP contribution in [0.5, 0.6) is 0 Å².